The predicted octanol–water partition coefficient (Wildman–Crippen LogP) is 3.27. The van der Waals surface area contributed by atoms with Gasteiger partial charge in [0.15, 0.2) is 11.9 Å². The first kappa shape index (κ1) is 19.5. The first-order chi connectivity index (χ1) is 14.4. The van der Waals surface area contributed by atoms with Crippen molar-refractivity contribution in [2.75, 3.05) is 17.7 Å². The van der Waals surface area contributed by atoms with Crippen LogP contribution in [0.25, 0.3) is 11.0 Å². The largest absolute Gasteiger partial charge is 0.497 e. The number of aliphatic hydroxyl groups is 1. The van der Waals surface area contributed by atoms with E-state index in [2.05, 4.69) is 30.6 Å². The molecule has 2 heterocycles. The van der Waals surface area contributed by atoms with E-state index >= 15 is 0 Å². The highest BCUT2D eigenvalue weighted by atomic mass is 16.5. The number of nitrogens with zero attached hydrogens (tertiary/aromatic N) is 2. The lowest BCUT2D eigenvalue weighted by Gasteiger charge is -2.13. The van der Waals surface area contributed by atoms with Crippen LogP contribution in [0.3, 0.4) is 0 Å². The molecular weight excluding hydrogens is 384 g/mol. The summed E-state index contributed by atoms with van der Waals surface area (Å²) in [5.41, 5.74) is 4.52. The molecule has 9 heteroatoms. The SMILES string of the molecule is COc1ccc2nc(NC(O)c3[nH]cnc3C(=O)Nc3ccc(C)cc3C)[nH]c2c1. The van der Waals surface area contributed by atoms with Crippen molar-refractivity contribution in [3.63, 3.8) is 0 Å². The molecular formula is C21H22N6O3. The van der Waals surface area contributed by atoms with E-state index in [9.17, 15) is 9.90 Å². The molecule has 1 atom stereocenters. The van der Waals surface area contributed by atoms with Crippen LogP contribution in [0.4, 0.5) is 11.6 Å². The molecule has 2 aromatic carbocycles. The summed E-state index contributed by atoms with van der Waals surface area (Å²) < 4.78 is 5.20. The molecule has 5 N–H and O–H groups in total. The van der Waals surface area contributed by atoms with Gasteiger partial charge in [0.05, 0.1) is 30.2 Å². The minimum absolute atomic E-state index is 0.0905. The molecule has 1 amide bonds. The number of amides is 1. The number of methoxy groups -OCH3 is 1. The van der Waals surface area contributed by atoms with Crippen molar-refractivity contribution in [1.29, 1.82) is 0 Å². The van der Waals surface area contributed by atoms with Crippen LogP contribution in [0.2, 0.25) is 0 Å². The van der Waals surface area contributed by atoms with Gasteiger partial charge in [-0.25, -0.2) is 9.97 Å². The molecule has 0 saturated heterocycles. The minimum Gasteiger partial charge on any atom is -0.497 e. The van der Waals surface area contributed by atoms with Crippen LogP contribution in [0, 0.1) is 13.8 Å². The average Bonchev–Trinajstić information content (AvgIpc) is 3.36. The van der Waals surface area contributed by atoms with Crippen LogP contribution < -0.4 is 15.4 Å². The standard InChI is InChI=1S/C21H22N6O3/c1-11-4-6-14(12(2)8-11)24-19(28)17-18(23-10-22-17)20(29)27-21-25-15-7-5-13(30-3)9-16(15)26-21/h4-10,20,29H,1-3H3,(H,22,23)(H,24,28)(H2,25,26,27). The number of ether oxygens (including phenoxy) is 1. The summed E-state index contributed by atoms with van der Waals surface area (Å²) in [6.07, 6.45) is 0.135. The zero-order valence-electron chi connectivity index (χ0n) is 16.8. The third kappa shape index (κ3) is 3.83. The second-order valence-electron chi connectivity index (χ2n) is 6.95. The third-order valence-corrected chi connectivity index (χ3v) is 4.75. The highest BCUT2D eigenvalue weighted by Crippen LogP contribution is 2.23. The molecule has 0 aliphatic carbocycles. The average molecular weight is 406 g/mol. The van der Waals surface area contributed by atoms with Crippen LogP contribution in [0.5, 0.6) is 5.75 Å². The zero-order valence-corrected chi connectivity index (χ0v) is 16.8. The molecule has 0 aliphatic rings. The van der Waals surface area contributed by atoms with Gasteiger partial charge in [-0.2, -0.15) is 0 Å². The highest BCUT2D eigenvalue weighted by molar-refractivity contribution is 6.04. The molecule has 0 spiro atoms. The summed E-state index contributed by atoms with van der Waals surface area (Å²) >= 11 is 0. The Kier molecular flexibility index (Phi) is 5.11. The number of hydrogen-bond donors (Lipinski definition) is 5. The van der Waals surface area contributed by atoms with Gasteiger partial charge < -0.3 is 30.4 Å². The number of carbonyl (C=O) groups excluding carboxylic acids is 1. The maximum absolute atomic E-state index is 12.7. The maximum Gasteiger partial charge on any atom is 0.276 e. The number of aliphatic hydroxyl groups excluding tert-OH is 1. The molecule has 0 bridgehead atoms. The Hall–Kier alpha value is -3.85. The van der Waals surface area contributed by atoms with Crippen LogP contribution in [-0.2, 0) is 0 Å². The Balaban J connectivity index is 1.52. The molecule has 4 aromatic rings. The number of aromatic amines is 2. The van der Waals surface area contributed by atoms with Gasteiger partial charge in [-0.05, 0) is 37.6 Å². The van der Waals surface area contributed by atoms with Crippen molar-refractivity contribution < 1.29 is 14.6 Å². The fourth-order valence-electron chi connectivity index (χ4n) is 3.21. The first-order valence-corrected chi connectivity index (χ1v) is 9.35. The molecule has 9 nitrogen and oxygen atoms in total. The van der Waals surface area contributed by atoms with Gasteiger partial charge in [0.2, 0.25) is 5.95 Å². The van der Waals surface area contributed by atoms with E-state index in [4.69, 9.17) is 4.74 Å². The monoisotopic (exact) mass is 406 g/mol. The molecule has 0 fully saturated rings. The van der Waals surface area contributed by atoms with Gasteiger partial charge in [0.25, 0.3) is 5.91 Å². The Morgan fingerprint density at radius 2 is 2.03 bits per heavy atom. The van der Waals surface area contributed by atoms with Gasteiger partial charge >= 0.3 is 0 Å². The minimum atomic E-state index is -1.23. The number of imidazole rings is 2. The van der Waals surface area contributed by atoms with E-state index in [1.807, 2.05) is 32.0 Å². The normalized spacial score (nSPS) is 12.0. The van der Waals surface area contributed by atoms with Crippen LogP contribution in [-0.4, -0.2) is 38.1 Å². The van der Waals surface area contributed by atoms with Gasteiger partial charge in [-0.3, -0.25) is 4.79 Å². The van der Waals surface area contributed by atoms with Crippen molar-refractivity contribution in [2.24, 2.45) is 0 Å². The lowest BCUT2D eigenvalue weighted by Crippen LogP contribution is -2.19. The van der Waals surface area contributed by atoms with Crippen molar-refractivity contribution in [2.45, 2.75) is 20.1 Å². The van der Waals surface area contributed by atoms with E-state index in [1.54, 1.807) is 25.3 Å². The number of aromatic nitrogens is 4. The second-order valence-corrected chi connectivity index (χ2v) is 6.95. The molecule has 0 radical (unpaired) electrons. The molecule has 4 rings (SSSR count). The van der Waals surface area contributed by atoms with Crippen molar-refractivity contribution in [3.8, 4) is 5.75 Å². The number of fused-ring (bicyclic) bond motifs is 1. The molecule has 30 heavy (non-hydrogen) atoms. The zero-order chi connectivity index (χ0) is 21.3. The number of anilines is 2. The van der Waals surface area contributed by atoms with Crippen molar-refractivity contribution in [3.05, 3.63) is 65.2 Å². The Labute approximate surface area is 172 Å². The summed E-state index contributed by atoms with van der Waals surface area (Å²) in [6, 6.07) is 11.1. The van der Waals surface area contributed by atoms with Crippen LogP contribution in [0.1, 0.15) is 33.5 Å². The number of carbonyl (C=O) groups is 1. The summed E-state index contributed by atoms with van der Waals surface area (Å²) in [5, 5.41) is 16.3. The molecule has 154 valence electrons. The summed E-state index contributed by atoms with van der Waals surface area (Å²) in [5.74, 6) is 0.617. The van der Waals surface area contributed by atoms with Gasteiger partial charge in [-0.1, -0.05) is 17.7 Å². The maximum atomic E-state index is 12.7. The molecule has 2 aromatic heterocycles. The van der Waals surface area contributed by atoms with Crippen LogP contribution in [0.15, 0.2) is 42.7 Å². The summed E-state index contributed by atoms with van der Waals surface area (Å²) in [6.45, 7) is 3.90. The number of H-pyrrole nitrogens is 2. The quantitative estimate of drug-likeness (QED) is 0.313. The van der Waals surface area contributed by atoms with E-state index in [-0.39, 0.29) is 11.4 Å². The molecule has 0 aliphatic heterocycles. The smallest absolute Gasteiger partial charge is 0.276 e. The van der Waals surface area contributed by atoms with Crippen molar-refractivity contribution in [1.82, 2.24) is 19.9 Å². The number of rotatable bonds is 6. The molecule has 1 unspecified atom stereocenters. The third-order valence-electron chi connectivity index (χ3n) is 4.75. The predicted molar refractivity (Wildman–Crippen MR) is 114 cm³/mol. The fraction of sp³-hybridized carbons (Fsp3) is 0.190. The fourth-order valence-corrected chi connectivity index (χ4v) is 3.21. The van der Waals surface area contributed by atoms with E-state index in [1.165, 1.54) is 6.33 Å². The lowest BCUT2D eigenvalue weighted by atomic mass is 10.1. The highest BCUT2D eigenvalue weighted by Gasteiger charge is 2.22. The van der Waals surface area contributed by atoms with Gasteiger partial charge in [-0.15, -0.1) is 0 Å². The van der Waals surface area contributed by atoms with E-state index in [0.29, 0.717) is 22.9 Å². The lowest BCUT2D eigenvalue weighted by molar-refractivity contribution is 0.101. The number of aryl methyl sites for hydroxylation is 2. The summed E-state index contributed by atoms with van der Waals surface area (Å²) in [4.78, 5) is 27.1. The Morgan fingerprint density at radius 3 is 2.80 bits per heavy atom. The second kappa shape index (κ2) is 7.88. The van der Waals surface area contributed by atoms with Gasteiger partial charge in [0.1, 0.15) is 5.75 Å². The number of nitrogens with one attached hydrogen (secondary N) is 4. The van der Waals surface area contributed by atoms with Crippen molar-refractivity contribution >= 4 is 28.6 Å². The molecule has 0 saturated carbocycles. The van der Waals surface area contributed by atoms with E-state index < -0.39 is 12.1 Å². The first-order valence-electron chi connectivity index (χ1n) is 9.35. The topological polar surface area (TPSA) is 128 Å². The Morgan fingerprint density at radius 1 is 1.20 bits per heavy atom. The van der Waals surface area contributed by atoms with Crippen LogP contribution >= 0.6 is 0 Å². The van der Waals surface area contributed by atoms with E-state index in [0.717, 1.165) is 16.6 Å². The number of hydrogen-bond acceptors (Lipinski definition) is 6. The van der Waals surface area contributed by atoms with Gasteiger partial charge in [0, 0.05) is 11.8 Å². The number of benzene rings is 2. The Bertz CT molecular complexity index is 1210. The summed E-state index contributed by atoms with van der Waals surface area (Å²) in [7, 11) is 1.59.